The van der Waals surface area contributed by atoms with E-state index in [1.807, 2.05) is 18.6 Å². The van der Waals surface area contributed by atoms with Crippen LogP contribution < -0.4 is 0 Å². The lowest BCUT2D eigenvalue weighted by molar-refractivity contribution is 0.674. The average molecular weight is 242 g/mol. The summed E-state index contributed by atoms with van der Waals surface area (Å²) in [5, 5.41) is 0. The molecule has 0 bridgehead atoms. The summed E-state index contributed by atoms with van der Waals surface area (Å²) in [4.78, 5) is 9.51. The first-order chi connectivity index (χ1) is 7.16. The molecule has 0 saturated carbocycles. The Balaban J connectivity index is 2.20. The maximum absolute atomic E-state index is 5.79. The SMILES string of the molecule is CC(C)c1nccn1Cc1cnc(Cl)s1. The van der Waals surface area contributed by atoms with E-state index in [4.69, 9.17) is 11.6 Å². The lowest BCUT2D eigenvalue weighted by atomic mass is 10.2. The zero-order chi connectivity index (χ0) is 10.8. The number of hydrogen-bond donors (Lipinski definition) is 0. The van der Waals surface area contributed by atoms with Gasteiger partial charge in [0.25, 0.3) is 0 Å². The van der Waals surface area contributed by atoms with Gasteiger partial charge >= 0.3 is 0 Å². The summed E-state index contributed by atoms with van der Waals surface area (Å²) in [6, 6.07) is 0. The van der Waals surface area contributed by atoms with Gasteiger partial charge in [-0.15, -0.1) is 11.3 Å². The first-order valence-corrected chi connectivity index (χ1v) is 5.97. The zero-order valence-corrected chi connectivity index (χ0v) is 10.2. The lowest BCUT2D eigenvalue weighted by Crippen LogP contribution is -2.04. The third kappa shape index (κ3) is 2.38. The summed E-state index contributed by atoms with van der Waals surface area (Å²) in [7, 11) is 0. The monoisotopic (exact) mass is 241 g/mol. The predicted octanol–water partition coefficient (Wildman–Crippen LogP) is 3.16. The summed E-state index contributed by atoms with van der Waals surface area (Å²) >= 11 is 7.30. The molecule has 0 spiro atoms. The van der Waals surface area contributed by atoms with Crippen LogP contribution in [0, 0.1) is 0 Å². The number of rotatable bonds is 3. The highest BCUT2D eigenvalue weighted by Gasteiger charge is 2.08. The fourth-order valence-corrected chi connectivity index (χ4v) is 2.46. The van der Waals surface area contributed by atoms with Crippen LogP contribution in [0.1, 0.15) is 30.5 Å². The van der Waals surface area contributed by atoms with Crippen molar-refractivity contribution in [1.82, 2.24) is 14.5 Å². The van der Waals surface area contributed by atoms with E-state index >= 15 is 0 Å². The quantitative estimate of drug-likeness (QED) is 0.827. The molecule has 0 amide bonds. The third-order valence-electron chi connectivity index (χ3n) is 2.12. The van der Waals surface area contributed by atoms with E-state index in [2.05, 4.69) is 28.4 Å². The summed E-state index contributed by atoms with van der Waals surface area (Å²) in [5.74, 6) is 1.53. The highest BCUT2D eigenvalue weighted by molar-refractivity contribution is 7.15. The van der Waals surface area contributed by atoms with Crippen molar-refractivity contribution in [3.05, 3.63) is 33.8 Å². The molecule has 0 aromatic carbocycles. The molecule has 0 aliphatic heterocycles. The van der Waals surface area contributed by atoms with Gasteiger partial charge in [0.1, 0.15) is 5.82 Å². The molecule has 0 fully saturated rings. The topological polar surface area (TPSA) is 30.7 Å². The summed E-state index contributed by atoms with van der Waals surface area (Å²) in [5.41, 5.74) is 0. The lowest BCUT2D eigenvalue weighted by Gasteiger charge is -2.08. The highest BCUT2D eigenvalue weighted by Crippen LogP contribution is 2.20. The van der Waals surface area contributed by atoms with Crippen molar-refractivity contribution in [2.45, 2.75) is 26.3 Å². The van der Waals surface area contributed by atoms with Crippen LogP contribution in [0.5, 0.6) is 0 Å². The van der Waals surface area contributed by atoms with Crippen molar-refractivity contribution < 1.29 is 0 Å². The van der Waals surface area contributed by atoms with Gasteiger partial charge in [-0.1, -0.05) is 25.4 Å². The standard InChI is InChI=1S/C10H12ClN3S/c1-7(2)9-12-3-4-14(9)6-8-5-13-10(11)15-8/h3-5,7H,6H2,1-2H3. The molecule has 0 aliphatic carbocycles. The van der Waals surface area contributed by atoms with E-state index in [1.165, 1.54) is 11.3 Å². The Morgan fingerprint density at radius 3 is 2.87 bits per heavy atom. The predicted molar refractivity (Wildman–Crippen MR) is 62.5 cm³/mol. The van der Waals surface area contributed by atoms with Crippen LogP contribution in [0.4, 0.5) is 0 Å². The van der Waals surface area contributed by atoms with Gasteiger partial charge in [0.2, 0.25) is 0 Å². The first kappa shape index (κ1) is 10.6. The van der Waals surface area contributed by atoms with Crippen molar-refractivity contribution >= 4 is 22.9 Å². The molecule has 2 aromatic heterocycles. The minimum absolute atomic E-state index is 0.434. The summed E-state index contributed by atoms with van der Waals surface area (Å²) < 4.78 is 2.73. The Morgan fingerprint density at radius 2 is 2.27 bits per heavy atom. The fourth-order valence-electron chi connectivity index (χ4n) is 1.48. The van der Waals surface area contributed by atoms with E-state index in [1.54, 1.807) is 0 Å². The van der Waals surface area contributed by atoms with E-state index in [0.29, 0.717) is 10.4 Å². The second-order valence-corrected chi connectivity index (χ2v) is 5.34. The van der Waals surface area contributed by atoms with Gasteiger partial charge in [-0.05, 0) is 0 Å². The van der Waals surface area contributed by atoms with Crippen LogP contribution in [0.3, 0.4) is 0 Å². The van der Waals surface area contributed by atoms with Gasteiger partial charge in [0, 0.05) is 29.4 Å². The van der Waals surface area contributed by atoms with E-state index in [-0.39, 0.29) is 0 Å². The van der Waals surface area contributed by atoms with Crippen molar-refractivity contribution in [2.24, 2.45) is 0 Å². The summed E-state index contributed by atoms with van der Waals surface area (Å²) in [6.07, 6.45) is 5.64. The van der Waals surface area contributed by atoms with Crippen LogP contribution >= 0.6 is 22.9 Å². The molecule has 2 heterocycles. The number of aromatic nitrogens is 3. The number of thiazole rings is 1. The van der Waals surface area contributed by atoms with Crippen LogP contribution in [0.2, 0.25) is 4.47 Å². The van der Waals surface area contributed by atoms with Crippen molar-refractivity contribution in [2.75, 3.05) is 0 Å². The van der Waals surface area contributed by atoms with Crippen LogP contribution in [0.15, 0.2) is 18.6 Å². The number of hydrogen-bond acceptors (Lipinski definition) is 3. The molecule has 15 heavy (non-hydrogen) atoms. The Morgan fingerprint density at radius 1 is 1.47 bits per heavy atom. The molecule has 5 heteroatoms. The molecule has 2 aromatic rings. The van der Waals surface area contributed by atoms with Crippen LogP contribution in [-0.4, -0.2) is 14.5 Å². The Bertz CT molecular complexity index is 447. The van der Waals surface area contributed by atoms with Gasteiger partial charge in [-0.25, -0.2) is 9.97 Å². The van der Waals surface area contributed by atoms with Crippen molar-refractivity contribution in [3.63, 3.8) is 0 Å². The van der Waals surface area contributed by atoms with Crippen LogP contribution in [0.25, 0.3) is 0 Å². The molecule has 3 nitrogen and oxygen atoms in total. The molecule has 0 saturated heterocycles. The Kier molecular flexibility index (Phi) is 3.07. The van der Waals surface area contributed by atoms with Crippen molar-refractivity contribution in [3.8, 4) is 0 Å². The molecule has 2 rings (SSSR count). The minimum atomic E-state index is 0.434. The molecule has 0 radical (unpaired) electrons. The van der Waals surface area contributed by atoms with Gasteiger partial charge in [-0.3, -0.25) is 0 Å². The van der Waals surface area contributed by atoms with E-state index < -0.39 is 0 Å². The van der Waals surface area contributed by atoms with Crippen molar-refractivity contribution in [1.29, 1.82) is 0 Å². The first-order valence-electron chi connectivity index (χ1n) is 4.78. The highest BCUT2D eigenvalue weighted by atomic mass is 35.5. The minimum Gasteiger partial charge on any atom is -0.329 e. The second kappa shape index (κ2) is 4.33. The molecule has 0 aliphatic rings. The zero-order valence-electron chi connectivity index (χ0n) is 8.64. The van der Waals surface area contributed by atoms with Crippen LogP contribution in [-0.2, 0) is 6.54 Å². The maximum atomic E-state index is 5.79. The molecule has 0 unspecified atom stereocenters. The fraction of sp³-hybridized carbons (Fsp3) is 0.400. The Hall–Kier alpha value is -0.870. The average Bonchev–Trinajstić information content (AvgIpc) is 2.75. The molecular weight excluding hydrogens is 230 g/mol. The van der Waals surface area contributed by atoms with E-state index in [9.17, 15) is 0 Å². The number of nitrogens with zero attached hydrogens (tertiary/aromatic N) is 3. The third-order valence-corrected chi connectivity index (χ3v) is 3.22. The molecular formula is C10H12ClN3S. The molecule has 0 N–H and O–H groups in total. The largest absolute Gasteiger partial charge is 0.329 e. The maximum Gasteiger partial charge on any atom is 0.183 e. The second-order valence-electron chi connectivity index (χ2n) is 3.65. The van der Waals surface area contributed by atoms with Gasteiger partial charge in [0.15, 0.2) is 4.47 Å². The van der Waals surface area contributed by atoms with Gasteiger partial charge in [0.05, 0.1) is 6.54 Å². The normalized spacial score (nSPS) is 11.2. The number of imidazole rings is 1. The Labute approximate surface area is 97.8 Å². The molecule has 80 valence electrons. The summed E-state index contributed by atoms with van der Waals surface area (Å²) in [6.45, 7) is 5.08. The smallest absolute Gasteiger partial charge is 0.183 e. The van der Waals surface area contributed by atoms with Gasteiger partial charge < -0.3 is 4.57 Å². The van der Waals surface area contributed by atoms with E-state index in [0.717, 1.165) is 17.2 Å². The number of halogens is 1. The van der Waals surface area contributed by atoms with Gasteiger partial charge in [-0.2, -0.15) is 0 Å². The molecule has 0 atom stereocenters.